The highest BCUT2D eigenvalue weighted by Crippen LogP contribution is 2.16. The van der Waals surface area contributed by atoms with Crippen molar-refractivity contribution in [3.63, 3.8) is 0 Å². The van der Waals surface area contributed by atoms with E-state index in [9.17, 15) is 9.18 Å². The first kappa shape index (κ1) is 9.64. The standard InChI is InChI=1S/C10H7FINO/c1-5-7(11)3-2-6-9(5)13-4-8(12)10(6)14/h2-4H,1H3,(H,13,14). The molecule has 0 atom stereocenters. The second-order valence-corrected chi connectivity index (χ2v) is 4.22. The molecule has 1 N–H and O–H groups in total. The van der Waals surface area contributed by atoms with Gasteiger partial charge in [-0.15, -0.1) is 0 Å². The fourth-order valence-electron chi connectivity index (χ4n) is 1.39. The number of H-pyrrole nitrogens is 1. The fourth-order valence-corrected chi connectivity index (χ4v) is 1.84. The third-order valence-electron chi connectivity index (χ3n) is 2.20. The number of fused-ring (bicyclic) bond motifs is 1. The summed E-state index contributed by atoms with van der Waals surface area (Å²) in [6.45, 7) is 1.65. The highest BCUT2D eigenvalue weighted by atomic mass is 127. The molecule has 0 aliphatic heterocycles. The third kappa shape index (κ3) is 1.33. The maximum absolute atomic E-state index is 13.2. The number of aryl methyl sites for hydroxylation is 1. The van der Waals surface area contributed by atoms with Crippen LogP contribution in [0.2, 0.25) is 0 Å². The predicted molar refractivity (Wildman–Crippen MR) is 62.0 cm³/mol. The van der Waals surface area contributed by atoms with Crippen LogP contribution in [0.25, 0.3) is 10.9 Å². The Morgan fingerprint density at radius 3 is 2.86 bits per heavy atom. The Bertz CT molecular complexity index is 562. The molecule has 72 valence electrons. The number of rotatable bonds is 0. The molecule has 1 heterocycles. The van der Waals surface area contributed by atoms with Crippen molar-refractivity contribution < 1.29 is 4.39 Å². The quantitative estimate of drug-likeness (QED) is 0.746. The van der Waals surface area contributed by atoms with E-state index in [1.807, 2.05) is 22.6 Å². The summed E-state index contributed by atoms with van der Waals surface area (Å²) < 4.78 is 13.8. The second kappa shape index (κ2) is 3.34. The second-order valence-electron chi connectivity index (χ2n) is 3.06. The molecule has 0 spiro atoms. The highest BCUT2D eigenvalue weighted by molar-refractivity contribution is 14.1. The van der Waals surface area contributed by atoms with E-state index in [0.29, 0.717) is 20.0 Å². The van der Waals surface area contributed by atoms with Gasteiger partial charge < -0.3 is 4.98 Å². The van der Waals surface area contributed by atoms with Crippen LogP contribution in [0.5, 0.6) is 0 Å². The minimum absolute atomic E-state index is 0.0533. The maximum atomic E-state index is 13.2. The van der Waals surface area contributed by atoms with Gasteiger partial charge in [0.25, 0.3) is 0 Å². The summed E-state index contributed by atoms with van der Waals surface area (Å²) in [5, 5.41) is 0.538. The van der Waals surface area contributed by atoms with Crippen molar-refractivity contribution in [3.8, 4) is 0 Å². The molecule has 2 nitrogen and oxygen atoms in total. The molecule has 0 saturated heterocycles. The van der Waals surface area contributed by atoms with Gasteiger partial charge in [-0.05, 0) is 41.6 Å². The van der Waals surface area contributed by atoms with Crippen LogP contribution in [0, 0.1) is 16.3 Å². The summed E-state index contributed by atoms with van der Waals surface area (Å²) >= 11 is 1.96. The average Bonchev–Trinajstić information content (AvgIpc) is 2.17. The zero-order valence-electron chi connectivity index (χ0n) is 7.40. The van der Waals surface area contributed by atoms with E-state index in [4.69, 9.17) is 0 Å². The van der Waals surface area contributed by atoms with Crippen molar-refractivity contribution in [2.24, 2.45) is 0 Å². The Kier molecular flexibility index (Phi) is 2.30. The minimum atomic E-state index is -0.297. The first-order valence-corrected chi connectivity index (χ1v) is 5.15. The largest absolute Gasteiger partial charge is 0.360 e. The van der Waals surface area contributed by atoms with Crippen LogP contribution in [0.15, 0.2) is 23.1 Å². The van der Waals surface area contributed by atoms with Crippen LogP contribution in [-0.2, 0) is 0 Å². The van der Waals surface area contributed by atoms with E-state index in [-0.39, 0.29) is 11.2 Å². The van der Waals surface area contributed by atoms with Crippen molar-refractivity contribution >= 4 is 33.5 Å². The Labute approximate surface area is 93.3 Å². The molecule has 0 fully saturated rings. The van der Waals surface area contributed by atoms with Crippen molar-refractivity contribution in [1.82, 2.24) is 4.98 Å². The SMILES string of the molecule is Cc1c(F)ccc2c(=O)c(I)c[nH]c12. The fraction of sp³-hybridized carbons (Fsp3) is 0.100. The van der Waals surface area contributed by atoms with Gasteiger partial charge in [-0.25, -0.2) is 4.39 Å². The number of benzene rings is 1. The summed E-state index contributed by atoms with van der Waals surface area (Å²) in [5.41, 5.74) is 1.01. The van der Waals surface area contributed by atoms with Gasteiger partial charge in [0.2, 0.25) is 5.43 Å². The molecule has 0 radical (unpaired) electrons. The number of nitrogens with one attached hydrogen (secondary N) is 1. The summed E-state index contributed by atoms with van der Waals surface area (Å²) in [6.07, 6.45) is 1.59. The zero-order valence-corrected chi connectivity index (χ0v) is 9.55. The molecule has 0 aliphatic rings. The number of hydrogen-bond donors (Lipinski definition) is 1. The smallest absolute Gasteiger partial charge is 0.202 e. The van der Waals surface area contributed by atoms with E-state index in [0.717, 1.165) is 0 Å². The molecule has 14 heavy (non-hydrogen) atoms. The lowest BCUT2D eigenvalue weighted by atomic mass is 10.1. The van der Waals surface area contributed by atoms with Crippen molar-refractivity contribution in [2.45, 2.75) is 6.92 Å². The van der Waals surface area contributed by atoms with Gasteiger partial charge >= 0.3 is 0 Å². The maximum Gasteiger partial charge on any atom is 0.202 e. The average molecular weight is 303 g/mol. The normalized spacial score (nSPS) is 10.8. The van der Waals surface area contributed by atoms with Gasteiger partial charge in [0, 0.05) is 17.1 Å². The molecule has 0 bridgehead atoms. The summed E-state index contributed by atoms with van der Waals surface area (Å²) in [4.78, 5) is 14.6. The summed E-state index contributed by atoms with van der Waals surface area (Å²) in [7, 11) is 0. The van der Waals surface area contributed by atoms with E-state index in [1.165, 1.54) is 12.1 Å². The molecule has 2 rings (SSSR count). The molecule has 0 unspecified atom stereocenters. The third-order valence-corrected chi connectivity index (χ3v) is 3.00. The lowest BCUT2D eigenvalue weighted by Gasteiger charge is -2.02. The highest BCUT2D eigenvalue weighted by Gasteiger charge is 2.07. The lowest BCUT2D eigenvalue weighted by Crippen LogP contribution is -2.07. The van der Waals surface area contributed by atoms with Gasteiger partial charge in [-0.3, -0.25) is 4.79 Å². The zero-order chi connectivity index (χ0) is 10.3. The number of aromatic nitrogens is 1. The van der Waals surface area contributed by atoms with Crippen LogP contribution in [0.4, 0.5) is 4.39 Å². The molecule has 2 aromatic rings. The Hall–Kier alpha value is -0.910. The van der Waals surface area contributed by atoms with Gasteiger partial charge in [0.1, 0.15) is 5.82 Å². The molecule has 1 aromatic heterocycles. The molecular formula is C10H7FINO. The van der Waals surface area contributed by atoms with Crippen LogP contribution >= 0.6 is 22.6 Å². The van der Waals surface area contributed by atoms with Crippen molar-refractivity contribution in [3.05, 3.63) is 43.5 Å². The number of hydrogen-bond acceptors (Lipinski definition) is 1. The van der Waals surface area contributed by atoms with Gasteiger partial charge in [-0.1, -0.05) is 0 Å². The Morgan fingerprint density at radius 2 is 2.14 bits per heavy atom. The van der Waals surface area contributed by atoms with Crippen LogP contribution < -0.4 is 5.43 Å². The first-order valence-electron chi connectivity index (χ1n) is 4.07. The van der Waals surface area contributed by atoms with Gasteiger partial charge in [0.15, 0.2) is 0 Å². The van der Waals surface area contributed by atoms with Crippen LogP contribution in [0.3, 0.4) is 0 Å². The number of aromatic amines is 1. The molecule has 4 heteroatoms. The number of halogens is 2. The van der Waals surface area contributed by atoms with E-state index < -0.39 is 0 Å². The van der Waals surface area contributed by atoms with Crippen LogP contribution in [-0.4, -0.2) is 4.98 Å². The summed E-state index contributed by atoms with van der Waals surface area (Å²) in [5.74, 6) is -0.297. The van der Waals surface area contributed by atoms with E-state index in [2.05, 4.69) is 4.98 Å². The van der Waals surface area contributed by atoms with E-state index in [1.54, 1.807) is 13.1 Å². The van der Waals surface area contributed by atoms with E-state index >= 15 is 0 Å². The molecule has 0 aliphatic carbocycles. The number of pyridine rings is 1. The molecule has 1 aromatic carbocycles. The monoisotopic (exact) mass is 303 g/mol. The molecule has 0 saturated carbocycles. The van der Waals surface area contributed by atoms with Crippen molar-refractivity contribution in [1.29, 1.82) is 0 Å². The van der Waals surface area contributed by atoms with Crippen molar-refractivity contribution in [2.75, 3.05) is 0 Å². The predicted octanol–water partition coefficient (Wildman–Crippen LogP) is 2.58. The topological polar surface area (TPSA) is 32.9 Å². The van der Waals surface area contributed by atoms with Gasteiger partial charge in [-0.2, -0.15) is 0 Å². The first-order chi connectivity index (χ1) is 6.61. The van der Waals surface area contributed by atoms with Gasteiger partial charge in [0.05, 0.1) is 9.09 Å². The molecular weight excluding hydrogens is 296 g/mol. The Balaban J connectivity index is 3.02. The minimum Gasteiger partial charge on any atom is -0.360 e. The Morgan fingerprint density at radius 1 is 1.43 bits per heavy atom. The van der Waals surface area contributed by atoms with Crippen LogP contribution in [0.1, 0.15) is 5.56 Å². The summed E-state index contributed by atoms with van der Waals surface area (Å²) in [6, 6.07) is 2.83. The lowest BCUT2D eigenvalue weighted by molar-refractivity contribution is 0.620. The molecule has 0 amide bonds.